The first-order valence-electron chi connectivity index (χ1n) is 8.39. The lowest BCUT2D eigenvalue weighted by molar-refractivity contribution is 0.197. The third-order valence-corrected chi connectivity index (χ3v) is 5.91. The Morgan fingerprint density at radius 3 is 2.96 bits per heavy atom. The zero-order valence-electron chi connectivity index (χ0n) is 14.0. The Kier molecular flexibility index (Phi) is 6.23. The fraction of sp³-hybridized carbons (Fsp3) is 0.529. The van der Waals surface area contributed by atoms with Gasteiger partial charge >= 0.3 is 6.03 Å². The fourth-order valence-electron chi connectivity index (χ4n) is 2.90. The van der Waals surface area contributed by atoms with E-state index in [0.717, 1.165) is 56.3 Å². The van der Waals surface area contributed by atoms with Gasteiger partial charge in [-0.15, -0.1) is 22.7 Å². The summed E-state index contributed by atoms with van der Waals surface area (Å²) >= 11 is 3.44. The number of rotatable bonds is 5. The first kappa shape index (κ1) is 17.4. The highest BCUT2D eigenvalue weighted by Crippen LogP contribution is 2.13. The number of carbonyl (C=O) groups excluding carboxylic acids is 1. The predicted molar refractivity (Wildman–Crippen MR) is 99.7 cm³/mol. The van der Waals surface area contributed by atoms with Crippen LogP contribution in [0.25, 0.3) is 0 Å². The number of urea groups is 1. The van der Waals surface area contributed by atoms with Gasteiger partial charge in [0.1, 0.15) is 0 Å². The van der Waals surface area contributed by atoms with Gasteiger partial charge in [-0.3, -0.25) is 4.90 Å². The number of amides is 2. The lowest BCUT2D eigenvalue weighted by Crippen LogP contribution is -2.42. The second-order valence-corrected chi connectivity index (χ2v) is 8.13. The number of nitrogens with one attached hydrogen (secondary N) is 1. The number of carbonyl (C=O) groups is 1. The molecule has 0 unspecified atom stereocenters. The molecule has 0 saturated carbocycles. The Morgan fingerprint density at radius 1 is 1.29 bits per heavy atom. The van der Waals surface area contributed by atoms with E-state index in [-0.39, 0.29) is 6.03 Å². The van der Waals surface area contributed by atoms with E-state index < -0.39 is 0 Å². The van der Waals surface area contributed by atoms with Gasteiger partial charge in [0.2, 0.25) is 0 Å². The van der Waals surface area contributed by atoms with E-state index in [1.807, 2.05) is 11.8 Å². The zero-order valence-corrected chi connectivity index (χ0v) is 15.7. The van der Waals surface area contributed by atoms with Crippen LogP contribution in [0, 0.1) is 6.92 Å². The molecule has 0 aromatic carbocycles. The van der Waals surface area contributed by atoms with E-state index >= 15 is 0 Å². The third kappa shape index (κ3) is 5.03. The normalized spacial score (nSPS) is 16.1. The highest BCUT2D eigenvalue weighted by molar-refractivity contribution is 7.10. The van der Waals surface area contributed by atoms with Gasteiger partial charge in [-0.1, -0.05) is 6.07 Å². The third-order valence-electron chi connectivity index (χ3n) is 4.16. The maximum absolute atomic E-state index is 12.3. The van der Waals surface area contributed by atoms with Gasteiger partial charge in [-0.2, -0.15) is 0 Å². The van der Waals surface area contributed by atoms with Crippen LogP contribution in [0.4, 0.5) is 4.79 Å². The molecule has 2 aromatic heterocycles. The lowest BCUT2D eigenvalue weighted by atomic mass is 10.3. The summed E-state index contributed by atoms with van der Waals surface area (Å²) in [5.41, 5.74) is 1.14. The molecule has 3 heterocycles. The van der Waals surface area contributed by atoms with Crippen molar-refractivity contribution in [2.24, 2.45) is 0 Å². The summed E-state index contributed by atoms with van der Waals surface area (Å²) in [6, 6.07) is 4.23. The quantitative estimate of drug-likeness (QED) is 0.887. The Labute approximate surface area is 151 Å². The molecule has 5 nitrogen and oxygen atoms in total. The molecule has 24 heavy (non-hydrogen) atoms. The van der Waals surface area contributed by atoms with E-state index in [9.17, 15) is 4.79 Å². The topological polar surface area (TPSA) is 48.5 Å². The maximum atomic E-state index is 12.3. The van der Waals surface area contributed by atoms with E-state index in [1.165, 1.54) is 4.88 Å². The Balaban J connectivity index is 1.41. The summed E-state index contributed by atoms with van der Waals surface area (Å²) in [5, 5.41) is 8.38. The van der Waals surface area contributed by atoms with E-state index in [4.69, 9.17) is 0 Å². The van der Waals surface area contributed by atoms with Gasteiger partial charge in [-0.25, -0.2) is 9.78 Å². The van der Waals surface area contributed by atoms with Crippen molar-refractivity contribution in [3.05, 3.63) is 38.5 Å². The summed E-state index contributed by atoms with van der Waals surface area (Å²) < 4.78 is 0. The van der Waals surface area contributed by atoms with Crippen LogP contribution in [-0.2, 0) is 13.0 Å². The van der Waals surface area contributed by atoms with Crippen LogP contribution in [0.1, 0.15) is 22.0 Å². The summed E-state index contributed by atoms with van der Waals surface area (Å²) in [4.78, 5) is 22.5. The van der Waals surface area contributed by atoms with E-state index in [1.54, 1.807) is 22.7 Å². The predicted octanol–water partition coefficient (Wildman–Crippen LogP) is 2.97. The summed E-state index contributed by atoms with van der Waals surface area (Å²) in [6.45, 7) is 7.19. The zero-order chi connectivity index (χ0) is 16.8. The molecule has 2 amide bonds. The SMILES string of the molecule is Cc1nc(CN2CCCN(C(=O)NCCc3cccs3)CC2)cs1. The van der Waals surface area contributed by atoms with Crippen LogP contribution in [0.15, 0.2) is 22.9 Å². The number of hydrogen-bond acceptors (Lipinski definition) is 5. The average Bonchev–Trinajstić information content (AvgIpc) is 3.15. The molecule has 0 spiro atoms. The van der Waals surface area contributed by atoms with E-state index in [0.29, 0.717) is 6.54 Å². The molecule has 0 bridgehead atoms. The van der Waals surface area contributed by atoms with Gasteiger partial charge in [-0.05, 0) is 31.2 Å². The van der Waals surface area contributed by atoms with Crippen LogP contribution in [0.2, 0.25) is 0 Å². The molecule has 1 aliphatic heterocycles. The lowest BCUT2D eigenvalue weighted by Gasteiger charge is -2.22. The minimum absolute atomic E-state index is 0.0675. The average molecular weight is 365 g/mol. The minimum Gasteiger partial charge on any atom is -0.338 e. The van der Waals surface area contributed by atoms with Crippen molar-refractivity contribution in [2.75, 3.05) is 32.7 Å². The van der Waals surface area contributed by atoms with Gasteiger partial charge in [0.05, 0.1) is 10.7 Å². The molecule has 0 radical (unpaired) electrons. The van der Waals surface area contributed by atoms with E-state index in [2.05, 4.69) is 38.1 Å². The number of nitrogens with zero attached hydrogens (tertiary/aromatic N) is 3. The molecule has 1 N–H and O–H groups in total. The van der Waals surface area contributed by atoms with Crippen molar-refractivity contribution < 1.29 is 4.79 Å². The Hall–Kier alpha value is -1.44. The van der Waals surface area contributed by atoms with Crippen molar-refractivity contribution in [1.29, 1.82) is 0 Å². The number of thiazole rings is 1. The minimum atomic E-state index is 0.0675. The smallest absolute Gasteiger partial charge is 0.317 e. The summed E-state index contributed by atoms with van der Waals surface area (Å²) in [6.07, 6.45) is 1.92. The standard InChI is InChI=1S/C17H24N4OS2/c1-14-19-15(13-24-14)12-20-7-3-8-21(10-9-20)17(22)18-6-5-16-4-2-11-23-16/h2,4,11,13H,3,5-10,12H2,1H3,(H,18,22). The van der Waals surface area contributed by atoms with Crippen molar-refractivity contribution in [2.45, 2.75) is 26.3 Å². The van der Waals surface area contributed by atoms with Gasteiger partial charge in [0, 0.05) is 49.5 Å². The molecule has 0 atom stereocenters. The number of aromatic nitrogens is 1. The number of thiophene rings is 1. The molecule has 3 rings (SSSR count). The maximum Gasteiger partial charge on any atom is 0.317 e. The Morgan fingerprint density at radius 2 is 2.21 bits per heavy atom. The monoisotopic (exact) mass is 364 g/mol. The molecular formula is C17H24N4OS2. The highest BCUT2D eigenvalue weighted by atomic mass is 32.1. The van der Waals surface area contributed by atoms with Gasteiger partial charge in [0.25, 0.3) is 0 Å². The second kappa shape index (κ2) is 8.60. The summed E-state index contributed by atoms with van der Waals surface area (Å²) in [7, 11) is 0. The molecule has 1 fully saturated rings. The van der Waals surface area contributed by atoms with Crippen molar-refractivity contribution in [1.82, 2.24) is 20.1 Å². The van der Waals surface area contributed by atoms with Gasteiger partial charge in [0.15, 0.2) is 0 Å². The van der Waals surface area contributed by atoms with Crippen LogP contribution in [0.5, 0.6) is 0 Å². The van der Waals surface area contributed by atoms with Crippen LogP contribution in [0.3, 0.4) is 0 Å². The molecule has 130 valence electrons. The molecule has 0 aliphatic carbocycles. The van der Waals surface area contributed by atoms with Crippen LogP contribution in [-0.4, -0.2) is 53.5 Å². The van der Waals surface area contributed by atoms with Crippen LogP contribution < -0.4 is 5.32 Å². The van der Waals surface area contributed by atoms with Crippen molar-refractivity contribution in [3.8, 4) is 0 Å². The number of hydrogen-bond donors (Lipinski definition) is 1. The van der Waals surface area contributed by atoms with Crippen molar-refractivity contribution >= 4 is 28.7 Å². The van der Waals surface area contributed by atoms with Gasteiger partial charge < -0.3 is 10.2 Å². The second-order valence-electron chi connectivity index (χ2n) is 6.04. The van der Waals surface area contributed by atoms with Crippen molar-refractivity contribution in [3.63, 3.8) is 0 Å². The molecular weight excluding hydrogens is 340 g/mol. The fourth-order valence-corrected chi connectivity index (χ4v) is 4.21. The number of aryl methyl sites for hydroxylation is 1. The molecule has 7 heteroatoms. The first-order chi connectivity index (χ1) is 11.7. The Bertz CT molecular complexity index is 641. The molecule has 1 saturated heterocycles. The first-order valence-corrected chi connectivity index (χ1v) is 10.1. The molecule has 2 aromatic rings. The largest absolute Gasteiger partial charge is 0.338 e. The van der Waals surface area contributed by atoms with Crippen LogP contribution >= 0.6 is 22.7 Å². The molecule has 1 aliphatic rings. The summed E-state index contributed by atoms with van der Waals surface area (Å²) in [5.74, 6) is 0. The highest BCUT2D eigenvalue weighted by Gasteiger charge is 2.19.